The first kappa shape index (κ1) is 69.7. The number of quaternary nitrogens is 1. The van der Waals surface area contributed by atoms with Gasteiger partial charge in [-0.3, -0.25) is 9.36 Å². The molecule has 71 heavy (non-hydrogen) atoms. The zero-order valence-corrected chi connectivity index (χ0v) is 48.8. The molecule has 0 fully saturated rings. The maximum atomic E-state index is 13.0. The highest BCUT2D eigenvalue weighted by atomic mass is 31.2. The second-order valence-corrected chi connectivity index (χ2v) is 23.8. The summed E-state index contributed by atoms with van der Waals surface area (Å²) < 4.78 is 23.3. The van der Waals surface area contributed by atoms with Gasteiger partial charge in [0.05, 0.1) is 39.9 Å². The lowest BCUT2D eigenvalue weighted by molar-refractivity contribution is -0.870. The van der Waals surface area contributed by atoms with E-state index in [1.807, 2.05) is 27.2 Å². The average molecular weight is 1020 g/mol. The minimum Gasteiger partial charge on any atom is -0.756 e. The molecule has 3 unspecified atom stereocenters. The molecule has 0 heterocycles. The van der Waals surface area contributed by atoms with Crippen LogP contribution in [0, 0.1) is 0 Å². The Kier molecular flexibility index (Phi) is 52.6. The summed E-state index contributed by atoms with van der Waals surface area (Å²) in [6.45, 7) is 4.65. The van der Waals surface area contributed by atoms with E-state index >= 15 is 0 Å². The number of amides is 1. The van der Waals surface area contributed by atoms with Crippen LogP contribution in [-0.2, 0) is 18.4 Å². The third-order valence-electron chi connectivity index (χ3n) is 14.1. The molecule has 0 rings (SSSR count). The number of phosphoric acid groups is 1. The van der Waals surface area contributed by atoms with Crippen LogP contribution in [0.4, 0.5) is 0 Å². The van der Waals surface area contributed by atoms with Gasteiger partial charge >= 0.3 is 0 Å². The summed E-state index contributed by atoms with van der Waals surface area (Å²) in [6.07, 6.45) is 69.7. The summed E-state index contributed by atoms with van der Waals surface area (Å²) in [5.41, 5.74) is 0. The van der Waals surface area contributed by atoms with Gasteiger partial charge in [0.2, 0.25) is 5.91 Å². The summed E-state index contributed by atoms with van der Waals surface area (Å²) >= 11 is 0. The van der Waals surface area contributed by atoms with Crippen molar-refractivity contribution >= 4 is 13.7 Å². The fourth-order valence-electron chi connectivity index (χ4n) is 9.25. The van der Waals surface area contributed by atoms with Gasteiger partial charge < -0.3 is 28.8 Å². The van der Waals surface area contributed by atoms with Crippen molar-refractivity contribution in [3.8, 4) is 0 Å². The molecular weight excluding hydrogens is 900 g/mol. The largest absolute Gasteiger partial charge is 0.756 e. The zero-order valence-electron chi connectivity index (χ0n) is 47.9. The van der Waals surface area contributed by atoms with Gasteiger partial charge in [0.1, 0.15) is 13.2 Å². The summed E-state index contributed by atoms with van der Waals surface area (Å²) in [7, 11) is 1.25. The first-order valence-corrected chi connectivity index (χ1v) is 32.3. The minimum atomic E-state index is -4.61. The number of likely N-dealkylation sites (N-methyl/N-ethyl adjacent to an activating group) is 1. The van der Waals surface area contributed by atoms with Crippen LogP contribution in [0.1, 0.15) is 303 Å². The monoisotopic (exact) mass is 1020 g/mol. The summed E-state index contributed by atoms with van der Waals surface area (Å²) in [6, 6.07) is -0.908. The third-order valence-corrected chi connectivity index (χ3v) is 15.0. The molecule has 9 heteroatoms. The molecule has 0 aromatic carbocycles. The number of hydrogen-bond acceptors (Lipinski definition) is 6. The average Bonchev–Trinajstić information content (AvgIpc) is 3.33. The van der Waals surface area contributed by atoms with Crippen LogP contribution in [0.25, 0.3) is 0 Å². The number of nitrogens with zero attached hydrogens (tertiary/aromatic N) is 1. The molecule has 0 aromatic heterocycles. The first-order valence-electron chi connectivity index (χ1n) is 30.9. The molecule has 0 aliphatic heterocycles. The molecule has 0 saturated carbocycles. The maximum Gasteiger partial charge on any atom is 0.268 e. The number of allylic oxidation sites excluding steroid dienone is 5. The van der Waals surface area contributed by atoms with Crippen LogP contribution in [0.3, 0.4) is 0 Å². The van der Waals surface area contributed by atoms with E-state index in [2.05, 4.69) is 43.5 Å². The van der Waals surface area contributed by atoms with Crippen LogP contribution in [0.5, 0.6) is 0 Å². The zero-order chi connectivity index (χ0) is 52.0. The standard InChI is InChI=1S/C62H121N2O6P/c1-6-8-10-12-14-16-18-20-22-24-25-26-27-28-29-30-31-32-33-34-35-36-37-38-40-42-44-46-48-50-52-54-56-62(66)63-60(59-70-71(67,68)69-58-57-64(3,4)5)61(65)55-53-51-49-47-45-43-41-39-23-21-19-17-15-13-11-9-7-2/h23,39,45,47,53,55,60-61,65H,6-22,24-38,40-44,46,48-52,54,56-59H2,1-5H3,(H-,63,66,67,68)/b39-23+,47-45+,55-53+. The van der Waals surface area contributed by atoms with Gasteiger partial charge in [-0.15, -0.1) is 0 Å². The van der Waals surface area contributed by atoms with Gasteiger partial charge in [-0.2, -0.15) is 0 Å². The molecule has 2 N–H and O–H groups in total. The number of aliphatic hydroxyl groups excluding tert-OH is 1. The lowest BCUT2D eigenvalue weighted by Gasteiger charge is -2.29. The van der Waals surface area contributed by atoms with Crippen LogP contribution in [-0.4, -0.2) is 68.5 Å². The Morgan fingerprint density at radius 1 is 0.479 bits per heavy atom. The van der Waals surface area contributed by atoms with Crippen LogP contribution in [0.15, 0.2) is 36.5 Å². The van der Waals surface area contributed by atoms with E-state index in [-0.39, 0.29) is 12.5 Å². The number of phosphoric ester groups is 1. The van der Waals surface area contributed by atoms with E-state index in [0.717, 1.165) is 44.9 Å². The lowest BCUT2D eigenvalue weighted by Crippen LogP contribution is -2.45. The summed E-state index contributed by atoms with van der Waals surface area (Å²) in [5, 5.41) is 13.9. The molecule has 0 bridgehead atoms. The Hall–Kier alpha value is -1.28. The van der Waals surface area contributed by atoms with Gasteiger partial charge in [-0.1, -0.05) is 288 Å². The second kappa shape index (κ2) is 53.5. The van der Waals surface area contributed by atoms with Crippen molar-refractivity contribution in [1.82, 2.24) is 5.32 Å². The van der Waals surface area contributed by atoms with Crippen LogP contribution in [0.2, 0.25) is 0 Å². The van der Waals surface area contributed by atoms with Gasteiger partial charge in [0.25, 0.3) is 7.82 Å². The number of hydrogen-bond donors (Lipinski definition) is 2. The topological polar surface area (TPSA) is 108 Å². The van der Waals surface area contributed by atoms with Crippen molar-refractivity contribution in [1.29, 1.82) is 0 Å². The van der Waals surface area contributed by atoms with Crippen LogP contribution >= 0.6 is 7.82 Å². The van der Waals surface area contributed by atoms with E-state index in [9.17, 15) is 19.4 Å². The van der Waals surface area contributed by atoms with Gasteiger partial charge in [-0.25, -0.2) is 0 Å². The number of rotatable bonds is 57. The molecule has 0 saturated heterocycles. The predicted molar refractivity (Wildman–Crippen MR) is 307 cm³/mol. The van der Waals surface area contributed by atoms with Gasteiger partial charge in [0, 0.05) is 6.42 Å². The number of carbonyl (C=O) groups is 1. The normalized spacial score (nSPS) is 14.1. The Morgan fingerprint density at radius 2 is 0.789 bits per heavy atom. The molecule has 0 spiro atoms. The van der Waals surface area contributed by atoms with Crippen molar-refractivity contribution < 1.29 is 32.9 Å². The van der Waals surface area contributed by atoms with E-state index in [1.54, 1.807) is 6.08 Å². The lowest BCUT2D eigenvalue weighted by atomic mass is 10.0. The third kappa shape index (κ3) is 56.3. The van der Waals surface area contributed by atoms with Crippen molar-refractivity contribution in [3.05, 3.63) is 36.5 Å². The van der Waals surface area contributed by atoms with Gasteiger partial charge in [-0.05, 0) is 44.9 Å². The van der Waals surface area contributed by atoms with E-state index in [0.29, 0.717) is 17.4 Å². The predicted octanol–water partition coefficient (Wildman–Crippen LogP) is 18.3. The summed E-state index contributed by atoms with van der Waals surface area (Å²) in [5.74, 6) is -0.206. The van der Waals surface area contributed by atoms with Crippen molar-refractivity contribution in [2.75, 3.05) is 40.9 Å². The molecule has 0 aromatic rings. The van der Waals surface area contributed by atoms with E-state index in [4.69, 9.17) is 9.05 Å². The fraction of sp³-hybridized carbons (Fsp3) is 0.887. The first-order chi connectivity index (χ1) is 34.5. The molecule has 8 nitrogen and oxygen atoms in total. The van der Waals surface area contributed by atoms with Gasteiger partial charge in [0.15, 0.2) is 0 Å². The van der Waals surface area contributed by atoms with Crippen molar-refractivity contribution in [2.45, 2.75) is 315 Å². The Labute approximate surface area is 442 Å². The Bertz CT molecular complexity index is 1250. The maximum absolute atomic E-state index is 13.0. The van der Waals surface area contributed by atoms with Crippen molar-refractivity contribution in [2.24, 2.45) is 0 Å². The van der Waals surface area contributed by atoms with Crippen LogP contribution < -0.4 is 10.2 Å². The highest BCUT2D eigenvalue weighted by molar-refractivity contribution is 7.45. The quantitative estimate of drug-likeness (QED) is 0.0272. The number of carbonyl (C=O) groups excluding carboxylic acids is 1. The summed E-state index contributed by atoms with van der Waals surface area (Å²) in [4.78, 5) is 25.5. The molecule has 0 radical (unpaired) electrons. The molecule has 1 amide bonds. The number of nitrogens with one attached hydrogen (secondary N) is 1. The van der Waals surface area contributed by atoms with E-state index < -0.39 is 26.6 Å². The Balaban J connectivity index is 4.06. The number of unbranched alkanes of at least 4 members (excludes halogenated alkanes) is 40. The molecule has 3 atom stereocenters. The molecule has 420 valence electrons. The van der Waals surface area contributed by atoms with Crippen molar-refractivity contribution in [3.63, 3.8) is 0 Å². The molecule has 0 aliphatic rings. The molecule has 0 aliphatic carbocycles. The second-order valence-electron chi connectivity index (χ2n) is 22.4. The highest BCUT2D eigenvalue weighted by Gasteiger charge is 2.23. The highest BCUT2D eigenvalue weighted by Crippen LogP contribution is 2.38. The van der Waals surface area contributed by atoms with E-state index in [1.165, 1.54) is 238 Å². The minimum absolute atomic E-state index is 0.00741. The SMILES string of the molecule is CCCCCCCCC/C=C/CC/C=C/CC/C=C/C(O)C(COP(=O)([O-])OCC[N+](C)(C)C)NC(=O)CCCCCCCCCCCCCCCCCCCCCCCCCCCCCCCCCC. The molecular formula is C62H121N2O6P. The fourth-order valence-corrected chi connectivity index (χ4v) is 9.97. The Morgan fingerprint density at radius 3 is 1.14 bits per heavy atom. The number of aliphatic hydroxyl groups is 1. The smallest absolute Gasteiger partial charge is 0.268 e.